The van der Waals surface area contributed by atoms with Crippen molar-refractivity contribution >= 4 is 17.7 Å². The molecular formula is C27H33N3O4. The quantitative estimate of drug-likeness (QED) is 0.740. The molecule has 2 aliphatic rings. The van der Waals surface area contributed by atoms with Gasteiger partial charge < -0.3 is 19.9 Å². The van der Waals surface area contributed by atoms with E-state index in [4.69, 9.17) is 4.74 Å². The summed E-state index contributed by atoms with van der Waals surface area (Å²) in [5.74, 6) is -0.325. The number of rotatable bonds is 5. The summed E-state index contributed by atoms with van der Waals surface area (Å²) in [6.07, 6.45) is 1.32. The number of carbonyl (C=O) groups is 3. The molecule has 4 rings (SSSR count). The van der Waals surface area contributed by atoms with E-state index in [1.54, 1.807) is 11.0 Å². The first-order chi connectivity index (χ1) is 16.4. The van der Waals surface area contributed by atoms with Crippen LogP contribution in [0.3, 0.4) is 0 Å². The van der Waals surface area contributed by atoms with Crippen LogP contribution in [0, 0.1) is 19.8 Å². The number of nitrogens with one attached hydrogen (secondary N) is 1. The number of amides is 3. The summed E-state index contributed by atoms with van der Waals surface area (Å²) in [7, 11) is 0. The van der Waals surface area contributed by atoms with Crippen molar-refractivity contribution in [2.75, 3.05) is 39.4 Å². The van der Waals surface area contributed by atoms with Gasteiger partial charge in [0.1, 0.15) is 6.04 Å². The Morgan fingerprint density at radius 3 is 2.06 bits per heavy atom. The number of ether oxygens (including phenoxy) is 1. The van der Waals surface area contributed by atoms with Crippen molar-refractivity contribution in [1.82, 2.24) is 15.1 Å². The largest absolute Gasteiger partial charge is 0.378 e. The summed E-state index contributed by atoms with van der Waals surface area (Å²) >= 11 is 0. The number of piperidine rings is 1. The minimum atomic E-state index is -0.623. The standard InChI is InChI=1S/C27H33N3O4/c1-19-5-3-7-22(17-19)25(31)28-24(27(33)30-13-15-34-16-14-30)21-9-11-29(12-10-21)26(32)23-8-4-6-20(2)18-23/h3-8,17-18,21,24H,9-16H2,1-2H3,(H,28,31). The van der Waals surface area contributed by atoms with Crippen molar-refractivity contribution < 1.29 is 19.1 Å². The Bertz CT molecular complexity index is 1040. The van der Waals surface area contributed by atoms with Gasteiger partial charge in [-0.25, -0.2) is 0 Å². The van der Waals surface area contributed by atoms with Crippen LogP contribution in [0.4, 0.5) is 0 Å². The minimum Gasteiger partial charge on any atom is -0.378 e. The number of hydrogen-bond donors (Lipinski definition) is 1. The normalized spacial score (nSPS) is 17.8. The van der Waals surface area contributed by atoms with Crippen LogP contribution >= 0.6 is 0 Å². The van der Waals surface area contributed by atoms with Gasteiger partial charge in [-0.15, -0.1) is 0 Å². The van der Waals surface area contributed by atoms with Crippen LogP contribution in [-0.2, 0) is 9.53 Å². The topological polar surface area (TPSA) is 79.0 Å². The molecular weight excluding hydrogens is 430 g/mol. The van der Waals surface area contributed by atoms with Crippen LogP contribution in [-0.4, -0.2) is 73.0 Å². The number of morpholine rings is 1. The Hall–Kier alpha value is -3.19. The van der Waals surface area contributed by atoms with E-state index in [0.29, 0.717) is 63.4 Å². The molecule has 7 nitrogen and oxygen atoms in total. The predicted molar refractivity (Wildman–Crippen MR) is 130 cm³/mol. The van der Waals surface area contributed by atoms with Crippen LogP contribution in [0.5, 0.6) is 0 Å². The molecule has 34 heavy (non-hydrogen) atoms. The fraction of sp³-hybridized carbons (Fsp3) is 0.444. The lowest BCUT2D eigenvalue weighted by Crippen LogP contribution is -2.56. The maximum absolute atomic E-state index is 13.5. The molecule has 0 aromatic heterocycles. The zero-order valence-corrected chi connectivity index (χ0v) is 20.0. The lowest BCUT2D eigenvalue weighted by Gasteiger charge is -2.38. The molecule has 1 atom stereocenters. The maximum atomic E-state index is 13.5. The van der Waals surface area contributed by atoms with E-state index >= 15 is 0 Å². The molecule has 2 aromatic rings. The number of carbonyl (C=O) groups excluding carboxylic acids is 3. The average Bonchev–Trinajstić information content (AvgIpc) is 2.87. The van der Waals surface area contributed by atoms with Crippen molar-refractivity contribution in [1.29, 1.82) is 0 Å². The zero-order valence-electron chi connectivity index (χ0n) is 20.0. The fourth-order valence-electron chi connectivity index (χ4n) is 4.77. The van der Waals surface area contributed by atoms with Gasteiger partial charge in [-0.1, -0.05) is 35.4 Å². The summed E-state index contributed by atoms with van der Waals surface area (Å²) in [6, 6.07) is 14.4. The molecule has 2 fully saturated rings. The SMILES string of the molecule is Cc1cccc(C(=O)NC(C(=O)N2CCOCC2)C2CCN(C(=O)c3cccc(C)c3)CC2)c1. The van der Waals surface area contributed by atoms with Gasteiger partial charge in [0.15, 0.2) is 0 Å². The summed E-state index contributed by atoms with van der Waals surface area (Å²) in [5.41, 5.74) is 3.28. The molecule has 2 aromatic carbocycles. The summed E-state index contributed by atoms with van der Waals surface area (Å²) in [6.45, 7) is 7.10. The van der Waals surface area contributed by atoms with E-state index in [9.17, 15) is 14.4 Å². The van der Waals surface area contributed by atoms with Crippen molar-refractivity contribution in [2.24, 2.45) is 5.92 Å². The number of benzene rings is 2. The number of nitrogens with zero attached hydrogens (tertiary/aromatic N) is 2. The van der Waals surface area contributed by atoms with Gasteiger partial charge >= 0.3 is 0 Å². The Kier molecular flexibility index (Phi) is 7.63. The fourth-order valence-corrected chi connectivity index (χ4v) is 4.77. The Balaban J connectivity index is 1.47. The summed E-state index contributed by atoms with van der Waals surface area (Å²) < 4.78 is 5.40. The molecule has 1 N–H and O–H groups in total. The van der Waals surface area contributed by atoms with Crippen molar-refractivity contribution in [3.05, 3.63) is 70.8 Å². The first-order valence-electron chi connectivity index (χ1n) is 12.0. The highest BCUT2D eigenvalue weighted by Gasteiger charge is 2.36. The minimum absolute atomic E-state index is 0.0157. The highest BCUT2D eigenvalue weighted by atomic mass is 16.5. The number of likely N-dealkylation sites (tertiary alicyclic amines) is 1. The molecule has 0 aliphatic carbocycles. The third-order valence-electron chi connectivity index (χ3n) is 6.72. The maximum Gasteiger partial charge on any atom is 0.253 e. The molecule has 0 saturated carbocycles. The number of aryl methyl sites for hydroxylation is 2. The van der Waals surface area contributed by atoms with Crippen molar-refractivity contribution in [3.8, 4) is 0 Å². The Morgan fingerprint density at radius 2 is 1.44 bits per heavy atom. The second kappa shape index (κ2) is 10.8. The molecule has 2 heterocycles. The molecule has 7 heteroatoms. The molecule has 0 radical (unpaired) electrons. The van der Waals surface area contributed by atoms with Gasteiger partial charge in [0.05, 0.1) is 13.2 Å². The van der Waals surface area contributed by atoms with Crippen LogP contribution in [0.1, 0.15) is 44.7 Å². The first-order valence-corrected chi connectivity index (χ1v) is 12.0. The van der Waals surface area contributed by atoms with Gasteiger partial charge in [-0.2, -0.15) is 0 Å². The van der Waals surface area contributed by atoms with Crippen LogP contribution in [0.25, 0.3) is 0 Å². The van der Waals surface area contributed by atoms with E-state index < -0.39 is 6.04 Å². The van der Waals surface area contributed by atoms with Gasteiger partial charge in [0.2, 0.25) is 5.91 Å². The van der Waals surface area contributed by atoms with Crippen LogP contribution < -0.4 is 5.32 Å². The van der Waals surface area contributed by atoms with Crippen LogP contribution in [0.2, 0.25) is 0 Å². The van der Waals surface area contributed by atoms with E-state index in [1.807, 2.05) is 61.2 Å². The second-order valence-electron chi connectivity index (χ2n) is 9.26. The predicted octanol–water partition coefficient (Wildman–Crippen LogP) is 2.81. The van der Waals surface area contributed by atoms with E-state index in [1.165, 1.54) is 0 Å². The van der Waals surface area contributed by atoms with Crippen molar-refractivity contribution in [2.45, 2.75) is 32.7 Å². The zero-order chi connectivity index (χ0) is 24.1. The molecule has 1 unspecified atom stereocenters. The van der Waals surface area contributed by atoms with Gasteiger partial charge in [0.25, 0.3) is 11.8 Å². The highest BCUT2D eigenvalue weighted by molar-refractivity contribution is 5.98. The average molecular weight is 464 g/mol. The van der Waals surface area contributed by atoms with Crippen LogP contribution in [0.15, 0.2) is 48.5 Å². The lowest BCUT2D eigenvalue weighted by atomic mass is 9.87. The Labute approximate surface area is 201 Å². The lowest BCUT2D eigenvalue weighted by molar-refractivity contribution is -0.139. The third kappa shape index (κ3) is 5.65. The Morgan fingerprint density at radius 1 is 0.853 bits per heavy atom. The third-order valence-corrected chi connectivity index (χ3v) is 6.72. The van der Waals surface area contributed by atoms with Gasteiger partial charge in [0, 0.05) is 37.3 Å². The molecule has 180 valence electrons. The van der Waals surface area contributed by atoms with Gasteiger partial charge in [-0.05, 0) is 56.9 Å². The highest BCUT2D eigenvalue weighted by Crippen LogP contribution is 2.24. The molecule has 2 aliphatic heterocycles. The van der Waals surface area contributed by atoms with E-state index in [0.717, 1.165) is 11.1 Å². The van der Waals surface area contributed by atoms with Gasteiger partial charge in [-0.3, -0.25) is 14.4 Å². The number of hydrogen-bond acceptors (Lipinski definition) is 4. The van der Waals surface area contributed by atoms with E-state index in [2.05, 4.69) is 5.32 Å². The summed E-state index contributed by atoms with van der Waals surface area (Å²) in [4.78, 5) is 43.1. The summed E-state index contributed by atoms with van der Waals surface area (Å²) in [5, 5.41) is 3.04. The molecule has 0 bridgehead atoms. The monoisotopic (exact) mass is 463 g/mol. The molecule has 2 saturated heterocycles. The van der Waals surface area contributed by atoms with Crippen molar-refractivity contribution in [3.63, 3.8) is 0 Å². The smallest absolute Gasteiger partial charge is 0.253 e. The molecule has 3 amide bonds. The van der Waals surface area contributed by atoms with E-state index in [-0.39, 0.29) is 23.6 Å². The second-order valence-corrected chi connectivity index (χ2v) is 9.26. The molecule has 0 spiro atoms. The first kappa shape index (κ1) is 24.0.